The molecule has 2 aliphatic rings. The summed E-state index contributed by atoms with van der Waals surface area (Å²) in [5, 5.41) is 7.86. The molecule has 2 saturated heterocycles. The number of benzene rings is 1. The van der Waals surface area contributed by atoms with Gasteiger partial charge in [-0.15, -0.1) is 5.10 Å². The zero-order valence-corrected chi connectivity index (χ0v) is 17.8. The van der Waals surface area contributed by atoms with Crippen LogP contribution in [0.2, 0.25) is 0 Å². The van der Waals surface area contributed by atoms with Gasteiger partial charge in [0, 0.05) is 25.9 Å². The SMILES string of the molecule is O=C(c1cn(CC2CC(F)(F)CN2C(=O)CCCc2ccccc2)nn1)N1CCOCC1. The molecule has 0 radical (unpaired) electrons. The van der Waals surface area contributed by atoms with Gasteiger partial charge in [0.05, 0.1) is 38.5 Å². The van der Waals surface area contributed by atoms with E-state index in [9.17, 15) is 18.4 Å². The van der Waals surface area contributed by atoms with E-state index in [2.05, 4.69) is 10.3 Å². The molecular formula is C22H27F2N5O3. The molecule has 0 aliphatic carbocycles. The zero-order chi connectivity index (χ0) is 22.6. The average molecular weight is 447 g/mol. The van der Waals surface area contributed by atoms with Crippen LogP contribution in [0.1, 0.15) is 35.3 Å². The smallest absolute Gasteiger partial charge is 0.276 e. The molecular weight excluding hydrogens is 420 g/mol. The first kappa shape index (κ1) is 22.3. The van der Waals surface area contributed by atoms with Crippen molar-refractivity contribution in [1.29, 1.82) is 0 Å². The van der Waals surface area contributed by atoms with Crippen LogP contribution in [0.25, 0.3) is 0 Å². The summed E-state index contributed by atoms with van der Waals surface area (Å²) in [6.45, 7) is 1.38. The maximum atomic E-state index is 14.2. The topological polar surface area (TPSA) is 80.6 Å². The molecule has 8 nitrogen and oxygen atoms in total. The molecule has 2 aliphatic heterocycles. The highest BCUT2D eigenvalue weighted by atomic mass is 19.3. The van der Waals surface area contributed by atoms with Crippen LogP contribution in [0.4, 0.5) is 8.78 Å². The van der Waals surface area contributed by atoms with E-state index in [0.29, 0.717) is 32.7 Å². The van der Waals surface area contributed by atoms with Crippen molar-refractivity contribution in [3.63, 3.8) is 0 Å². The minimum atomic E-state index is -2.94. The largest absolute Gasteiger partial charge is 0.378 e. The number of nitrogens with zero attached hydrogens (tertiary/aromatic N) is 5. The Hall–Kier alpha value is -2.88. The van der Waals surface area contributed by atoms with Gasteiger partial charge in [0.1, 0.15) is 0 Å². The highest BCUT2D eigenvalue weighted by Crippen LogP contribution is 2.33. The molecule has 1 aromatic carbocycles. The monoisotopic (exact) mass is 447 g/mol. The van der Waals surface area contributed by atoms with E-state index in [0.717, 1.165) is 12.0 Å². The van der Waals surface area contributed by atoms with Crippen molar-refractivity contribution in [2.24, 2.45) is 0 Å². The molecule has 32 heavy (non-hydrogen) atoms. The lowest BCUT2D eigenvalue weighted by molar-refractivity contribution is -0.133. The summed E-state index contributed by atoms with van der Waals surface area (Å²) < 4.78 is 34.9. The number of morpholine rings is 1. The van der Waals surface area contributed by atoms with Crippen molar-refractivity contribution < 1.29 is 23.1 Å². The average Bonchev–Trinajstić information content (AvgIpc) is 3.38. The number of aromatic nitrogens is 3. The lowest BCUT2D eigenvalue weighted by atomic mass is 10.1. The van der Waals surface area contributed by atoms with Gasteiger partial charge in [0.15, 0.2) is 5.69 Å². The summed E-state index contributed by atoms with van der Waals surface area (Å²) in [4.78, 5) is 28.1. The summed E-state index contributed by atoms with van der Waals surface area (Å²) in [6.07, 6.45) is 2.56. The van der Waals surface area contributed by atoms with E-state index in [1.165, 1.54) is 15.8 Å². The number of carbonyl (C=O) groups is 2. The van der Waals surface area contributed by atoms with Crippen molar-refractivity contribution >= 4 is 11.8 Å². The van der Waals surface area contributed by atoms with E-state index in [4.69, 9.17) is 4.74 Å². The highest BCUT2D eigenvalue weighted by Gasteiger charge is 2.46. The summed E-state index contributed by atoms with van der Waals surface area (Å²) in [5.74, 6) is -3.48. The molecule has 0 N–H and O–H groups in total. The van der Waals surface area contributed by atoms with Gasteiger partial charge in [-0.05, 0) is 18.4 Å². The fraction of sp³-hybridized carbons (Fsp3) is 0.545. The Morgan fingerprint density at radius 1 is 1.16 bits per heavy atom. The number of rotatable bonds is 7. The third-order valence-electron chi connectivity index (χ3n) is 5.85. The first-order valence-electron chi connectivity index (χ1n) is 10.9. The van der Waals surface area contributed by atoms with Gasteiger partial charge < -0.3 is 14.5 Å². The van der Waals surface area contributed by atoms with Crippen LogP contribution < -0.4 is 0 Å². The molecule has 1 unspecified atom stereocenters. The second-order valence-corrected chi connectivity index (χ2v) is 8.31. The predicted molar refractivity (Wildman–Crippen MR) is 111 cm³/mol. The van der Waals surface area contributed by atoms with E-state index >= 15 is 0 Å². The second kappa shape index (κ2) is 9.72. The molecule has 0 bridgehead atoms. The summed E-state index contributed by atoms with van der Waals surface area (Å²) >= 11 is 0. The number of aryl methyl sites for hydroxylation is 1. The van der Waals surface area contributed by atoms with Gasteiger partial charge in [-0.1, -0.05) is 35.5 Å². The first-order valence-corrected chi connectivity index (χ1v) is 10.9. The Balaban J connectivity index is 1.35. The number of ether oxygens (including phenoxy) is 1. The highest BCUT2D eigenvalue weighted by molar-refractivity contribution is 5.92. The maximum Gasteiger partial charge on any atom is 0.276 e. The molecule has 172 valence electrons. The predicted octanol–water partition coefficient (Wildman–Crippen LogP) is 2.01. The van der Waals surface area contributed by atoms with Crippen LogP contribution in [0.15, 0.2) is 36.5 Å². The van der Waals surface area contributed by atoms with Crippen LogP contribution >= 0.6 is 0 Å². The van der Waals surface area contributed by atoms with Crippen LogP contribution in [0.3, 0.4) is 0 Å². The molecule has 1 atom stereocenters. The summed E-state index contributed by atoms with van der Waals surface area (Å²) in [5.41, 5.74) is 1.28. The Labute approximate surface area is 185 Å². The van der Waals surface area contributed by atoms with Crippen LogP contribution in [0, 0.1) is 0 Å². The standard InChI is InChI=1S/C22H27F2N5O3/c23-22(24)13-18(29(16-22)20(30)8-4-7-17-5-2-1-3-6-17)14-28-15-19(25-26-28)21(31)27-9-11-32-12-10-27/h1-3,5-6,15,18H,4,7-14,16H2. The molecule has 0 spiro atoms. The molecule has 10 heteroatoms. The van der Waals surface area contributed by atoms with Gasteiger partial charge >= 0.3 is 0 Å². The molecule has 2 aromatic rings. The molecule has 1 aromatic heterocycles. The quantitative estimate of drug-likeness (QED) is 0.649. The van der Waals surface area contributed by atoms with Gasteiger partial charge in [-0.3, -0.25) is 9.59 Å². The number of carbonyl (C=O) groups excluding carboxylic acids is 2. The Bertz CT molecular complexity index is 931. The molecule has 3 heterocycles. The number of alkyl halides is 2. The Morgan fingerprint density at radius 2 is 1.91 bits per heavy atom. The summed E-state index contributed by atoms with van der Waals surface area (Å²) in [7, 11) is 0. The van der Waals surface area contributed by atoms with Gasteiger partial charge in [0.25, 0.3) is 11.8 Å². The third kappa shape index (κ3) is 5.48. The maximum absolute atomic E-state index is 14.2. The van der Waals surface area contributed by atoms with Crippen molar-refractivity contribution in [3.8, 4) is 0 Å². The third-order valence-corrected chi connectivity index (χ3v) is 5.85. The molecule has 4 rings (SSSR count). The molecule has 0 saturated carbocycles. The lowest BCUT2D eigenvalue weighted by Crippen LogP contribution is -2.40. The van der Waals surface area contributed by atoms with E-state index in [-0.39, 0.29) is 30.5 Å². The van der Waals surface area contributed by atoms with Crippen molar-refractivity contribution in [2.75, 3.05) is 32.8 Å². The van der Waals surface area contributed by atoms with E-state index in [1.54, 1.807) is 4.90 Å². The van der Waals surface area contributed by atoms with E-state index in [1.807, 2.05) is 30.3 Å². The van der Waals surface area contributed by atoms with Crippen molar-refractivity contribution in [3.05, 3.63) is 47.8 Å². The van der Waals surface area contributed by atoms with Crippen molar-refractivity contribution in [1.82, 2.24) is 24.8 Å². The minimum absolute atomic E-state index is 0.0728. The molecule has 2 amide bonds. The van der Waals surface area contributed by atoms with Crippen molar-refractivity contribution in [2.45, 2.75) is 44.2 Å². The summed E-state index contributed by atoms with van der Waals surface area (Å²) in [6, 6.07) is 9.07. The minimum Gasteiger partial charge on any atom is -0.378 e. The van der Waals surface area contributed by atoms with E-state index < -0.39 is 24.9 Å². The number of halogens is 2. The van der Waals surface area contributed by atoms with Crippen LogP contribution in [-0.4, -0.2) is 81.4 Å². The number of likely N-dealkylation sites (tertiary alicyclic amines) is 1. The Kier molecular flexibility index (Phi) is 6.78. The second-order valence-electron chi connectivity index (χ2n) is 8.31. The zero-order valence-electron chi connectivity index (χ0n) is 17.8. The normalized spacial score (nSPS) is 20.5. The fourth-order valence-corrected chi connectivity index (χ4v) is 4.21. The fourth-order valence-electron chi connectivity index (χ4n) is 4.21. The van der Waals surface area contributed by atoms with Gasteiger partial charge in [-0.25, -0.2) is 13.5 Å². The van der Waals surface area contributed by atoms with Gasteiger partial charge in [-0.2, -0.15) is 0 Å². The molecule has 2 fully saturated rings. The lowest BCUT2D eigenvalue weighted by Gasteiger charge is -2.25. The number of hydrogen-bond donors (Lipinski definition) is 0. The number of amides is 2. The number of hydrogen-bond acceptors (Lipinski definition) is 5. The van der Waals surface area contributed by atoms with Crippen LogP contribution in [-0.2, 0) is 22.5 Å². The first-order chi connectivity index (χ1) is 15.4. The van der Waals surface area contributed by atoms with Crippen LogP contribution in [0.5, 0.6) is 0 Å². The Morgan fingerprint density at radius 3 is 2.66 bits per heavy atom. The van der Waals surface area contributed by atoms with Gasteiger partial charge in [0.2, 0.25) is 5.91 Å².